The number of nitrogens with one attached hydrogen (secondary N) is 1. The Kier molecular flexibility index (Phi) is 6.15. The number of benzene rings is 1. The molecule has 1 amide bonds. The maximum atomic E-state index is 12.7. The van der Waals surface area contributed by atoms with Gasteiger partial charge in [-0.1, -0.05) is 12.1 Å². The van der Waals surface area contributed by atoms with E-state index in [4.69, 9.17) is 4.74 Å². The molecule has 8 nitrogen and oxygen atoms in total. The average Bonchev–Trinajstić information content (AvgIpc) is 3.24. The summed E-state index contributed by atoms with van der Waals surface area (Å²) in [5.74, 6) is 0.295. The van der Waals surface area contributed by atoms with Gasteiger partial charge >= 0.3 is 0 Å². The van der Waals surface area contributed by atoms with Crippen LogP contribution in [0.1, 0.15) is 18.4 Å². The van der Waals surface area contributed by atoms with Gasteiger partial charge in [0, 0.05) is 31.9 Å². The van der Waals surface area contributed by atoms with Crippen molar-refractivity contribution in [2.45, 2.75) is 30.8 Å². The molecular formula is C19H23N3O5S. The van der Waals surface area contributed by atoms with Gasteiger partial charge in [-0.25, -0.2) is 8.42 Å². The van der Waals surface area contributed by atoms with Gasteiger partial charge in [-0.15, -0.1) is 0 Å². The zero-order chi connectivity index (χ0) is 20.1. The third-order valence-electron chi connectivity index (χ3n) is 4.60. The summed E-state index contributed by atoms with van der Waals surface area (Å²) in [5.41, 5.74) is 0.419. The van der Waals surface area contributed by atoms with E-state index >= 15 is 0 Å². The van der Waals surface area contributed by atoms with Crippen LogP contribution in [0.15, 0.2) is 52.3 Å². The molecule has 28 heavy (non-hydrogen) atoms. The number of sulfonamides is 1. The summed E-state index contributed by atoms with van der Waals surface area (Å²) >= 11 is 0. The highest BCUT2D eigenvalue weighted by Crippen LogP contribution is 2.19. The van der Waals surface area contributed by atoms with Crippen LogP contribution in [-0.4, -0.2) is 43.4 Å². The Morgan fingerprint density at radius 1 is 1.18 bits per heavy atom. The van der Waals surface area contributed by atoms with Crippen LogP contribution in [0.4, 0.5) is 0 Å². The Morgan fingerprint density at radius 3 is 2.64 bits per heavy atom. The normalized spacial score (nSPS) is 14.8. The molecule has 0 aliphatic carbocycles. The minimum Gasteiger partial charge on any atom is -0.497 e. The lowest BCUT2D eigenvalue weighted by atomic mass is 10.2. The molecule has 2 heterocycles. The van der Waals surface area contributed by atoms with E-state index in [1.165, 1.54) is 22.6 Å². The van der Waals surface area contributed by atoms with Crippen molar-refractivity contribution in [2.24, 2.45) is 0 Å². The van der Waals surface area contributed by atoms with Crippen LogP contribution in [0.2, 0.25) is 0 Å². The Balaban J connectivity index is 1.69. The summed E-state index contributed by atoms with van der Waals surface area (Å²) in [5, 5.41) is 2.73. The topological polar surface area (TPSA) is 97.7 Å². The smallest absolute Gasteiger partial charge is 0.251 e. The number of nitrogens with zero attached hydrogens (tertiary/aromatic N) is 2. The standard InChI is InChI=1S/C19H23N3O5S/c1-27-16-6-4-5-15(11-16)12-20-18(23)14-21-13-17(7-8-19(21)24)28(25,26)22-9-2-3-10-22/h4-8,11,13H,2-3,9-10,12,14H2,1H3,(H,20,23). The van der Waals surface area contributed by atoms with E-state index in [0.29, 0.717) is 18.8 Å². The molecule has 0 radical (unpaired) electrons. The largest absolute Gasteiger partial charge is 0.497 e. The van der Waals surface area contributed by atoms with Gasteiger partial charge in [0.15, 0.2) is 0 Å². The fourth-order valence-corrected chi connectivity index (χ4v) is 4.59. The number of aromatic nitrogens is 1. The molecule has 0 unspecified atom stereocenters. The first-order valence-corrected chi connectivity index (χ1v) is 10.4. The van der Waals surface area contributed by atoms with Gasteiger partial charge in [-0.05, 0) is 36.6 Å². The number of amides is 1. The van der Waals surface area contributed by atoms with E-state index in [-0.39, 0.29) is 23.9 Å². The molecule has 0 bridgehead atoms. The number of ether oxygens (including phenoxy) is 1. The van der Waals surface area contributed by atoms with Crippen molar-refractivity contribution in [3.63, 3.8) is 0 Å². The van der Waals surface area contributed by atoms with Gasteiger partial charge < -0.3 is 14.6 Å². The van der Waals surface area contributed by atoms with E-state index in [1.54, 1.807) is 19.2 Å². The summed E-state index contributed by atoms with van der Waals surface area (Å²) < 4.78 is 33.0. The van der Waals surface area contributed by atoms with Crippen molar-refractivity contribution in [1.82, 2.24) is 14.2 Å². The van der Waals surface area contributed by atoms with E-state index in [2.05, 4.69) is 5.32 Å². The van der Waals surface area contributed by atoms with Crippen molar-refractivity contribution < 1.29 is 17.9 Å². The fraction of sp³-hybridized carbons (Fsp3) is 0.368. The third-order valence-corrected chi connectivity index (χ3v) is 6.48. The van der Waals surface area contributed by atoms with Crippen molar-refractivity contribution in [2.75, 3.05) is 20.2 Å². The molecule has 1 fully saturated rings. The maximum absolute atomic E-state index is 12.7. The van der Waals surface area contributed by atoms with Crippen LogP contribution < -0.4 is 15.6 Å². The molecule has 0 atom stereocenters. The minimum atomic E-state index is -3.65. The maximum Gasteiger partial charge on any atom is 0.251 e. The van der Waals surface area contributed by atoms with Crippen molar-refractivity contribution in [3.05, 3.63) is 58.5 Å². The first kappa shape index (κ1) is 20.1. The Bertz CT molecular complexity index is 1010. The molecule has 150 valence electrons. The van der Waals surface area contributed by atoms with Crippen LogP contribution in [-0.2, 0) is 27.9 Å². The second-order valence-corrected chi connectivity index (χ2v) is 8.51. The summed E-state index contributed by atoms with van der Waals surface area (Å²) in [7, 11) is -2.09. The van der Waals surface area contributed by atoms with Crippen LogP contribution in [0.25, 0.3) is 0 Å². The summed E-state index contributed by atoms with van der Waals surface area (Å²) in [6.07, 6.45) is 2.89. The quantitative estimate of drug-likeness (QED) is 0.740. The van der Waals surface area contributed by atoms with Crippen molar-refractivity contribution in [1.29, 1.82) is 0 Å². The Labute approximate surface area is 163 Å². The van der Waals surface area contributed by atoms with E-state index in [9.17, 15) is 18.0 Å². The molecule has 1 aliphatic rings. The Hall–Kier alpha value is -2.65. The molecule has 1 aliphatic heterocycles. The SMILES string of the molecule is COc1cccc(CNC(=O)Cn2cc(S(=O)(=O)N3CCCC3)ccc2=O)c1. The number of hydrogen-bond donors (Lipinski definition) is 1. The predicted molar refractivity (Wildman–Crippen MR) is 104 cm³/mol. The third kappa shape index (κ3) is 4.60. The van der Waals surface area contributed by atoms with E-state index < -0.39 is 15.6 Å². The molecular weight excluding hydrogens is 382 g/mol. The van der Waals surface area contributed by atoms with Crippen LogP contribution in [0.5, 0.6) is 5.75 Å². The van der Waals surface area contributed by atoms with E-state index in [1.807, 2.05) is 12.1 Å². The second-order valence-electron chi connectivity index (χ2n) is 6.57. The zero-order valence-corrected chi connectivity index (χ0v) is 16.4. The summed E-state index contributed by atoms with van der Waals surface area (Å²) in [4.78, 5) is 24.3. The minimum absolute atomic E-state index is 0.0228. The van der Waals surface area contributed by atoms with Crippen LogP contribution in [0, 0.1) is 0 Å². The second kappa shape index (κ2) is 8.57. The number of carbonyl (C=O) groups excluding carboxylic acids is 1. The zero-order valence-electron chi connectivity index (χ0n) is 15.6. The van der Waals surface area contributed by atoms with E-state index in [0.717, 1.165) is 23.0 Å². The van der Waals surface area contributed by atoms with Crippen molar-refractivity contribution in [3.8, 4) is 5.75 Å². The molecule has 2 aromatic rings. The molecule has 3 rings (SSSR count). The molecule has 0 saturated carbocycles. The van der Waals surface area contributed by atoms with Gasteiger partial charge in [-0.2, -0.15) is 4.31 Å². The monoisotopic (exact) mass is 405 g/mol. The number of hydrogen-bond acceptors (Lipinski definition) is 5. The van der Waals surface area contributed by atoms with Gasteiger partial charge in [-0.3, -0.25) is 9.59 Å². The van der Waals surface area contributed by atoms with Crippen LogP contribution in [0.3, 0.4) is 0 Å². The summed E-state index contributed by atoms with van der Waals surface area (Å²) in [6, 6.07) is 9.74. The van der Waals surface area contributed by atoms with Crippen LogP contribution >= 0.6 is 0 Å². The molecule has 1 saturated heterocycles. The highest BCUT2D eigenvalue weighted by molar-refractivity contribution is 7.89. The van der Waals surface area contributed by atoms with Crippen molar-refractivity contribution >= 4 is 15.9 Å². The molecule has 9 heteroatoms. The molecule has 1 aromatic heterocycles. The van der Waals surface area contributed by atoms with Gasteiger partial charge in [0.05, 0.1) is 12.0 Å². The lowest BCUT2D eigenvalue weighted by Crippen LogP contribution is -2.33. The fourth-order valence-electron chi connectivity index (χ4n) is 3.06. The Morgan fingerprint density at radius 2 is 1.93 bits per heavy atom. The van der Waals surface area contributed by atoms with Gasteiger partial charge in [0.2, 0.25) is 15.9 Å². The number of methoxy groups -OCH3 is 1. The first-order chi connectivity index (χ1) is 13.4. The van der Waals surface area contributed by atoms with Gasteiger partial charge in [0.1, 0.15) is 12.3 Å². The molecule has 1 aromatic carbocycles. The lowest BCUT2D eigenvalue weighted by Gasteiger charge is -2.16. The number of pyridine rings is 1. The highest BCUT2D eigenvalue weighted by atomic mass is 32.2. The number of carbonyl (C=O) groups is 1. The first-order valence-electron chi connectivity index (χ1n) is 9.00. The highest BCUT2D eigenvalue weighted by Gasteiger charge is 2.27. The average molecular weight is 405 g/mol. The lowest BCUT2D eigenvalue weighted by molar-refractivity contribution is -0.121. The predicted octanol–water partition coefficient (Wildman–Crippen LogP) is 0.958. The molecule has 0 spiro atoms. The summed E-state index contributed by atoms with van der Waals surface area (Å²) in [6.45, 7) is 0.966. The van der Waals surface area contributed by atoms with Gasteiger partial charge in [0.25, 0.3) is 5.56 Å². The molecule has 1 N–H and O–H groups in total. The number of rotatable bonds is 7.